The molecule has 0 spiro atoms. The summed E-state index contributed by atoms with van der Waals surface area (Å²) in [5.41, 5.74) is 4.27. The second-order valence-corrected chi connectivity index (χ2v) is 5.68. The number of H-pyrrole nitrogens is 1. The number of aromatic nitrogens is 4. The normalized spacial score (nSPS) is 11.1. The number of rotatable bonds is 5. The van der Waals surface area contributed by atoms with Crippen LogP contribution in [-0.2, 0) is 18.3 Å². The van der Waals surface area contributed by atoms with Crippen LogP contribution in [0.25, 0.3) is 0 Å². The van der Waals surface area contributed by atoms with Crippen molar-refractivity contribution in [3.63, 3.8) is 0 Å². The Morgan fingerprint density at radius 3 is 2.67 bits per heavy atom. The van der Waals surface area contributed by atoms with Crippen molar-refractivity contribution in [3.8, 4) is 0 Å². The number of carbonyl (C=O) groups excluding carboxylic acids is 1. The van der Waals surface area contributed by atoms with E-state index in [1.54, 1.807) is 0 Å². The fraction of sp³-hybridized carbons (Fsp3) is 0.533. The van der Waals surface area contributed by atoms with E-state index in [9.17, 15) is 4.79 Å². The van der Waals surface area contributed by atoms with E-state index in [1.807, 2.05) is 31.6 Å². The summed E-state index contributed by atoms with van der Waals surface area (Å²) in [5.74, 6) is 0.923. The molecule has 2 N–H and O–H groups in total. The molecule has 6 nitrogen and oxygen atoms in total. The Hall–Kier alpha value is -2.11. The first kappa shape index (κ1) is 15.3. The summed E-state index contributed by atoms with van der Waals surface area (Å²) < 4.78 is 1.85. The zero-order valence-electron chi connectivity index (χ0n) is 13.3. The summed E-state index contributed by atoms with van der Waals surface area (Å²) >= 11 is 0. The van der Waals surface area contributed by atoms with E-state index in [0.29, 0.717) is 24.6 Å². The quantitative estimate of drug-likeness (QED) is 0.887. The molecule has 0 saturated carbocycles. The van der Waals surface area contributed by atoms with Gasteiger partial charge in [0.1, 0.15) is 0 Å². The largest absolute Gasteiger partial charge is 0.309 e. The molecule has 0 aromatic carbocycles. The molecule has 6 heteroatoms. The van der Waals surface area contributed by atoms with Crippen molar-refractivity contribution in [2.75, 3.05) is 5.32 Å². The maximum Gasteiger partial charge on any atom is 0.225 e. The number of amides is 1. The van der Waals surface area contributed by atoms with E-state index < -0.39 is 0 Å². The van der Waals surface area contributed by atoms with Gasteiger partial charge in [-0.25, -0.2) is 0 Å². The lowest BCUT2D eigenvalue weighted by atomic mass is 10.1. The third-order valence-electron chi connectivity index (χ3n) is 3.75. The predicted molar refractivity (Wildman–Crippen MR) is 82.3 cm³/mol. The zero-order valence-corrected chi connectivity index (χ0v) is 13.3. The highest BCUT2D eigenvalue weighted by molar-refractivity contribution is 5.89. The molecule has 0 fully saturated rings. The van der Waals surface area contributed by atoms with Crippen molar-refractivity contribution in [1.82, 2.24) is 20.0 Å². The number of hydrogen-bond donors (Lipinski definition) is 2. The molecule has 0 aliphatic heterocycles. The van der Waals surface area contributed by atoms with Crippen LogP contribution in [0, 0.1) is 13.8 Å². The monoisotopic (exact) mass is 289 g/mol. The van der Waals surface area contributed by atoms with Crippen LogP contribution in [-0.4, -0.2) is 25.9 Å². The van der Waals surface area contributed by atoms with Crippen molar-refractivity contribution < 1.29 is 4.79 Å². The molecule has 114 valence electrons. The Morgan fingerprint density at radius 2 is 2.14 bits per heavy atom. The van der Waals surface area contributed by atoms with Gasteiger partial charge in [-0.1, -0.05) is 13.8 Å². The molecule has 0 aliphatic carbocycles. The van der Waals surface area contributed by atoms with Crippen LogP contribution >= 0.6 is 0 Å². The Bertz CT molecular complexity index is 639. The average Bonchev–Trinajstić information content (AvgIpc) is 2.95. The topological polar surface area (TPSA) is 75.6 Å². The van der Waals surface area contributed by atoms with Gasteiger partial charge in [0.15, 0.2) is 5.82 Å². The smallest absolute Gasteiger partial charge is 0.225 e. The molecule has 21 heavy (non-hydrogen) atoms. The van der Waals surface area contributed by atoms with Gasteiger partial charge in [-0.2, -0.15) is 10.2 Å². The molecule has 2 aromatic heterocycles. The van der Waals surface area contributed by atoms with Crippen molar-refractivity contribution in [1.29, 1.82) is 0 Å². The van der Waals surface area contributed by atoms with Crippen LogP contribution in [0.2, 0.25) is 0 Å². The maximum absolute atomic E-state index is 12.0. The van der Waals surface area contributed by atoms with E-state index in [0.717, 1.165) is 22.6 Å². The molecule has 2 rings (SSSR count). The van der Waals surface area contributed by atoms with Gasteiger partial charge in [-0.05, 0) is 31.7 Å². The SMILES string of the molecule is Cc1nn(C)c(C)c1CCC(=O)Nc1cc(C(C)C)[nH]n1. The number of hydrogen-bond acceptors (Lipinski definition) is 3. The first-order valence-corrected chi connectivity index (χ1v) is 7.22. The van der Waals surface area contributed by atoms with Crippen LogP contribution in [0.4, 0.5) is 5.82 Å². The minimum Gasteiger partial charge on any atom is -0.309 e. The third kappa shape index (κ3) is 3.51. The molecule has 0 bridgehead atoms. The Balaban J connectivity index is 1.92. The average molecular weight is 289 g/mol. The lowest BCUT2D eigenvalue weighted by Crippen LogP contribution is -2.13. The first-order chi connectivity index (χ1) is 9.88. The highest BCUT2D eigenvalue weighted by Gasteiger charge is 2.12. The summed E-state index contributed by atoms with van der Waals surface area (Å²) in [6, 6.07) is 1.88. The van der Waals surface area contributed by atoms with Crippen molar-refractivity contribution >= 4 is 11.7 Å². The van der Waals surface area contributed by atoms with Crippen molar-refractivity contribution in [2.24, 2.45) is 7.05 Å². The molecule has 0 aliphatic rings. The third-order valence-corrected chi connectivity index (χ3v) is 3.75. The summed E-state index contributed by atoms with van der Waals surface area (Å²) in [6.07, 6.45) is 1.12. The van der Waals surface area contributed by atoms with E-state index >= 15 is 0 Å². The lowest BCUT2D eigenvalue weighted by Gasteiger charge is -2.03. The number of aryl methyl sites for hydroxylation is 2. The van der Waals surface area contributed by atoms with Crippen LogP contribution in [0.15, 0.2) is 6.07 Å². The van der Waals surface area contributed by atoms with Gasteiger partial charge in [0.25, 0.3) is 0 Å². The Labute approximate surface area is 124 Å². The van der Waals surface area contributed by atoms with Gasteiger partial charge in [-0.3, -0.25) is 14.6 Å². The van der Waals surface area contributed by atoms with E-state index in [4.69, 9.17) is 0 Å². The molecule has 2 heterocycles. The lowest BCUT2D eigenvalue weighted by molar-refractivity contribution is -0.116. The van der Waals surface area contributed by atoms with Gasteiger partial charge < -0.3 is 5.32 Å². The van der Waals surface area contributed by atoms with Gasteiger partial charge in [0.05, 0.1) is 5.69 Å². The standard InChI is InChI=1S/C15H23N5O/c1-9(2)13-8-14(18-17-13)16-15(21)7-6-12-10(3)19-20(5)11(12)4/h8-9H,6-7H2,1-5H3,(H2,16,17,18,21). The Kier molecular flexibility index (Phi) is 4.45. The molecule has 0 atom stereocenters. The molecule has 1 amide bonds. The molecule has 0 radical (unpaired) electrons. The van der Waals surface area contributed by atoms with Gasteiger partial charge >= 0.3 is 0 Å². The fourth-order valence-corrected chi connectivity index (χ4v) is 2.32. The van der Waals surface area contributed by atoms with Gasteiger partial charge in [-0.15, -0.1) is 0 Å². The highest BCUT2D eigenvalue weighted by atomic mass is 16.1. The second-order valence-electron chi connectivity index (χ2n) is 5.68. The number of anilines is 1. The molecule has 0 unspecified atom stereocenters. The molecule has 0 saturated heterocycles. The number of carbonyl (C=O) groups is 1. The molecular weight excluding hydrogens is 266 g/mol. The van der Waals surface area contributed by atoms with Gasteiger partial charge in [0.2, 0.25) is 5.91 Å². The minimum atomic E-state index is -0.0283. The second kappa shape index (κ2) is 6.11. The summed E-state index contributed by atoms with van der Waals surface area (Å²) in [7, 11) is 1.92. The molecular formula is C15H23N5O. The van der Waals surface area contributed by atoms with Crippen LogP contribution in [0.5, 0.6) is 0 Å². The molecule has 2 aromatic rings. The predicted octanol–water partition coefficient (Wildman–Crippen LogP) is 2.45. The van der Waals surface area contributed by atoms with Crippen LogP contribution in [0.1, 0.15) is 48.8 Å². The van der Waals surface area contributed by atoms with E-state index in [2.05, 4.69) is 34.5 Å². The van der Waals surface area contributed by atoms with E-state index in [-0.39, 0.29) is 5.91 Å². The Morgan fingerprint density at radius 1 is 1.43 bits per heavy atom. The summed E-state index contributed by atoms with van der Waals surface area (Å²) in [6.45, 7) is 8.15. The van der Waals surface area contributed by atoms with Crippen LogP contribution < -0.4 is 5.32 Å². The number of nitrogens with one attached hydrogen (secondary N) is 2. The summed E-state index contributed by atoms with van der Waals surface area (Å²) in [5, 5.41) is 14.2. The van der Waals surface area contributed by atoms with Crippen LogP contribution in [0.3, 0.4) is 0 Å². The van der Waals surface area contributed by atoms with Crippen molar-refractivity contribution in [3.05, 3.63) is 28.7 Å². The highest BCUT2D eigenvalue weighted by Crippen LogP contribution is 2.16. The van der Waals surface area contributed by atoms with Gasteiger partial charge in [0, 0.05) is 30.9 Å². The maximum atomic E-state index is 12.0. The fourth-order valence-electron chi connectivity index (χ4n) is 2.32. The first-order valence-electron chi connectivity index (χ1n) is 7.22. The number of nitrogens with zero attached hydrogens (tertiary/aromatic N) is 3. The number of aromatic amines is 1. The minimum absolute atomic E-state index is 0.0283. The zero-order chi connectivity index (χ0) is 15.6. The van der Waals surface area contributed by atoms with Crippen molar-refractivity contribution in [2.45, 2.75) is 46.5 Å². The van der Waals surface area contributed by atoms with E-state index in [1.165, 1.54) is 0 Å². The summed E-state index contributed by atoms with van der Waals surface area (Å²) in [4.78, 5) is 12.0.